The van der Waals surface area contributed by atoms with Crippen molar-refractivity contribution in [3.05, 3.63) is 64.0 Å². The number of rotatable bonds is 7. The van der Waals surface area contributed by atoms with Crippen molar-refractivity contribution in [1.29, 1.82) is 0 Å². The summed E-state index contributed by atoms with van der Waals surface area (Å²) < 4.78 is 16.2. The number of carbonyl (C=O) groups excluding carboxylic acids is 1. The molecule has 2 aromatic carbocycles. The first kappa shape index (κ1) is 22.2. The maximum Gasteiger partial charge on any atom is 0.269 e. The van der Waals surface area contributed by atoms with Crippen LogP contribution in [0.5, 0.6) is 11.5 Å². The first-order valence-corrected chi connectivity index (χ1v) is 10.3. The highest BCUT2D eigenvalue weighted by molar-refractivity contribution is 5.95. The van der Waals surface area contributed by atoms with Crippen LogP contribution < -0.4 is 9.47 Å². The number of piperazine rings is 1. The van der Waals surface area contributed by atoms with E-state index in [0.717, 1.165) is 0 Å². The lowest BCUT2D eigenvalue weighted by Crippen LogP contribution is -2.48. The molecule has 0 N–H and O–H groups in total. The Bertz CT molecular complexity index is 1140. The summed E-state index contributed by atoms with van der Waals surface area (Å²) in [6, 6.07) is 11.1. The van der Waals surface area contributed by atoms with Gasteiger partial charge in [0.15, 0.2) is 11.5 Å². The molecule has 11 heteroatoms. The predicted octanol–water partition coefficient (Wildman–Crippen LogP) is 2.62. The lowest BCUT2D eigenvalue weighted by molar-refractivity contribution is -0.384. The van der Waals surface area contributed by atoms with Crippen LogP contribution in [0.4, 0.5) is 5.69 Å². The van der Waals surface area contributed by atoms with Crippen molar-refractivity contribution in [2.45, 2.75) is 6.54 Å². The molecule has 1 aliphatic heterocycles. The quantitative estimate of drug-likeness (QED) is 0.392. The SMILES string of the molecule is COc1ccc(C(=O)N2CCN(Cc3nnc(-c4ccc([N+](=O)[O-])cc4)o3)CC2)cc1OC. The first-order chi connectivity index (χ1) is 16.0. The summed E-state index contributed by atoms with van der Waals surface area (Å²) >= 11 is 0. The van der Waals surface area contributed by atoms with Crippen LogP contribution in [0.3, 0.4) is 0 Å². The molecular formula is C22H23N5O6. The summed E-state index contributed by atoms with van der Waals surface area (Å²) in [7, 11) is 3.09. The van der Waals surface area contributed by atoms with Crippen molar-refractivity contribution in [1.82, 2.24) is 20.0 Å². The highest BCUT2D eigenvalue weighted by Crippen LogP contribution is 2.28. The fraction of sp³-hybridized carbons (Fsp3) is 0.318. The highest BCUT2D eigenvalue weighted by Gasteiger charge is 2.24. The molecule has 1 saturated heterocycles. The Balaban J connectivity index is 1.33. The third kappa shape index (κ3) is 4.93. The van der Waals surface area contributed by atoms with Gasteiger partial charge in [0.1, 0.15) is 0 Å². The van der Waals surface area contributed by atoms with Gasteiger partial charge in [-0.2, -0.15) is 0 Å². The summed E-state index contributed by atoms with van der Waals surface area (Å²) in [5.41, 5.74) is 1.16. The van der Waals surface area contributed by atoms with Gasteiger partial charge in [0.05, 0.1) is 25.7 Å². The maximum atomic E-state index is 12.9. The fourth-order valence-electron chi connectivity index (χ4n) is 3.61. The minimum absolute atomic E-state index is 0.000934. The molecule has 1 aromatic heterocycles. The summed E-state index contributed by atoms with van der Waals surface area (Å²) in [6.45, 7) is 2.91. The van der Waals surface area contributed by atoms with E-state index in [1.807, 2.05) is 0 Å². The van der Waals surface area contributed by atoms with Crippen LogP contribution in [0.2, 0.25) is 0 Å². The van der Waals surface area contributed by atoms with Gasteiger partial charge < -0.3 is 18.8 Å². The molecule has 172 valence electrons. The Hall–Kier alpha value is -3.99. The zero-order valence-electron chi connectivity index (χ0n) is 18.3. The van der Waals surface area contributed by atoms with Crippen LogP contribution in [0, 0.1) is 10.1 Å². The third-order valence-corrected chi connectivity index (χ3v) is 5.44. The largest absolute Gasteiger partial charge is 0.493 e. The molecule has 0 spiro atoms. The highest BCUT2D eigenvalue weighted by atomic mass is 16.6. The van der Waals surface area contributed by atoms with Gasteiger partial charge in [-0.3, -0.25) is 19.8 Å². The topological polar surface area (TPSA) is 124 Å². The zero-order chi connectivity index (χ0) is 23.4. The smallest absolute Gasteiger partial charge is 0.269 e. The van der Waals surface area contributed by atoms with Crippen molar-refractivity contribution in [3.8, 4) is 23.0 Å². The van der Waals surface area contributed by atoms with Gasteiger partial charge in [0, 0.05) is 49.4 Å². The number of aromatic nitrogens is 2. The molecule has 0 saturated carbocycles. The van der Waals surface area contributed by atoms with Crippen LogP contribution in [-0.4, -0.2) is 71.2 Å². The Labute approximate surface area is 189 Å². The van der Waals surface area contributed by atoms with Gasteiger partial charge in [-0.05, 0) is 30.3 Å². The molecule has 1 aliphatic rings. The van der Waals surface area contributed by atoms with Gasteiger partial charge in [-0.15, -0.1) is 10.2 Å². The van der Waals surface area contributed by atoms with Gasteiger partial charge in [0.2, 0.25) is 11.8 Å². The molecular weight excluding hydrogens is 430 g/mol. The van der Waals surface area contributed by atoms with Crippen LogP contribution >= 0.6 is 0 Å². The van der Waals surface area contributed by atoms with Crippen LogP contribution in [0.15, 0.2) is 46.9 Å². The van der Waals surface area contributed by atoms with Crippen molar-refractivity contribution >= 4 is 11.6 Å². The second kappa shape index (κ2) is 9.65. The number of ether oxygens (including phenoxy) is 2. The van der Waals surface area contributed by atoms with E-state index in [2.05, 4.69) is 15.1 Å². The number of non-ortho nitro benzene ring substituents is 1. The van der Waals surface area contributed by atoms with Crippen LogP contribution in [-0.2, 0) is 6.54 Å². The summed E-state index contributed by atoms with van der Waals surface area (Å²) in [4.78, 5) is 27.1. The normalized spacial score (nSPS) is 14.2. The van der Waals surface area contributed by atoms with E-state index in [-0.39, 0.29) is 11.6 Å². The van der Waals surface area contributed by atoms with Gasteiger partial charge in [-0.25, -0.2) is 0 Å². The van der Waals surface area contributed by atoms with Gasteiger partial charge in [-0.1, -0.05) is 0 Å². The Kier molecular flexibility index (Phi) is 6.50. The number of nitro benzene ring substituents is 1. The lowest BCUT2D eigenvalue weighted by atomic mass is 10.1. The molecule has 0 radical (unpaired) electrons. The second-order valence-corrected chi connectivity index (χ2v) is 7.44. The van der Waals surface area contributed by atoms with E-state index < -0.39 is 4.92 Å². The van der Waals surface area contributed by atoms with Crippen LogP contribution in [0.25, 0.3) is 11.5 Å². The molecule has 3 aromatic rings. The Morgan fingerprint density at radius 1 is 1.03 bits per heavy atom. The summed E-state index contributed by atoms with van der Waals surface area (Å²) in [5.74, 6) is 1.78. The van der Waals surface area contributed by atoms with E-state index in [0.29, 0.717) is 67.1 Å². The Morgan fingerprint density at radius 3 is 2.36 bits per heavy atom. The number of hydrogen-bond donors (Lipinski definition) is 0. The number of methoxy groups -OCH3 is 2. The maximum absolute atomic E-state index is 12.9. The molecule has 33 heavy (non-hydrogen) atoms. The minimum Gasteiger partial charge on any atom is -0.493 e. The molecule has 0 bridgehead atoms. The average molecular weight is 453 g/mol. The molecule has 1 amide bonds. The average Bonchev–Trinajstić information content (AvgIpc) is 3.32. The Morgan fingerprint density at radius 2 is 1.73 bits per heavy atom. The molecule has 11 nitrogen and oxygen atoms in total. The molecule has 2 heterocycles. The first-order valence-electron chi connectivity index (χ1n) is 10.3. The van der Waals surface area contributed by atoms with E-state index >= 15 is 0 Å². The van der Waals surface area contributed by atoms with E-state index in [9.17, 15) is 14.9 Å². The van der Waals surface area contributed by atoms with Gasteiger partial charge >= 0.3 is 0 Å². The number of nitrogens with zero attached hydrogens (tertiary/aromatic N) is 5. The molecule has 0 aliphatic carbocycles. The van der Waals surface area contributed by atoms with Crippen molar-refractivity contribution in [2.24, 2.45) is 0 Å². The minimum atomic E-state index is -0.460. The predicted molar refractivity (Wildman–Crippen MR) is 117 cm³/mol. The zero-order valence-corrected chi connectivity index (χ0v) is 18.3. The van der Waals surface area contributed by atoms with E-state index in [4.69, 9.17) is 13.9 Å². The number of amides is 1. The molecule has 0 unspecified atom stereocenters. The number of nitro groups is 1. The third-order valence-electron chi connectivity index (χ3n) is 5.44. The van der Waals surface area contributed by atoms with Gasteiger partial charge in [0.25, 0.3) is 11.6 Å². The summed E-state index contributed by atoms with van der Waals surface area (Å²) in [5, 5.41) is 18.9. The number of carbonyl (C=O) groups is 1. The standard InChI is InChI=1S/C22H23N5O6/c1-31-18-8-5-16(13-19(18)32-2)22(28)26-11-9-25(10-12-26)14-20-23-24-21(33-20)15-3-6-17(7-4-15)27(29)30/h3-8,13H,9-12,14H2,1-2H3. The lowest BCUT2D eigenvalue weighted by Gasteiger charge is -2.34. The van der Waals surface area contributed by atoms with E-state index in [1.54, 1.807) is 42.3 Å². The number of hydrogen-bond acceptors (Lipinski definition) is 9. The van der Waals surface area contributed by atoms with Crippen molar-refractivity contribution < 1.29 is 23.6 Å². The molecule has 4 rings (SSSR count). The van der Waals surface area contributed by atoms with Crippen LogP contribution in [0.1, 0.15) is 16.2 Å². The molecule has 0 atom stereocenters. The molecule has 1 fully saturated rings. The number of benzene rings is 2. The fourth-order valence-corrected chi connectivity index (χ4v) is 3.61. The van der Waals surface area contributed by atoms with Crippen molar-refractivity contribution in [3.63, 3.8) is 0 Å². The monoisotopic (exact) mass is 453 g/mol. The van der Waals surface area contributed by atoms with Crippen molar-refractivity contribution in [2.75, 3.05) is 40.4 Å². The summed E-state index contributed by atoms with van der Waals surface area (Å²) in [6.07, 6.45) is 0. The second-order valence-electron chi connectivity index (χ2n) is 7.44. The van der Waals surface area contributed by atoms with E-state index in [1.165, 1.54) is 19.2 Å².